The molecule has 0 unspecified atom stereocenters. The fraction of sp³-hybridized carbons (Fsp3) is 0.227. The minimum absolute atomic E-state index is 0.0157. The smallest absolute Gasteiger partial charge is 0.278 e. The molecule has 4 rings (SSSR count). The minimum atomic E-state index is -0.502. The molecule has 7 N–H and O–H groups in total. The van der Waals surface area contributed by atoms with Gasteiger partial charge in [-0.05, 0) is 24.6 Å². The Bertz CT molecular complexity index is 1140. The van der Waals surface area contributed by atoms with Gasteiger partial charge in [0.05, 0.1) is 35.4 Å². The lowest BCUT2D eigenvalue weighted by Crippen LogP contribution is -2.52. The normalized spacial score (nSPS) is 13.5. The third-order valence-corrected chi connectivity index (χ3v) is 5.37. The van der Waals surface area contributed by atoms with E-state index in [2.05, 4.69) is 20.3 Å². The van der Waals surface area contributed by atoms with Crippen molar-refractivity contribution >= 4 is 29.0 Å². The van der Waals surface area contributed by atoms with E-state index in [0.717, 1.165) is 23.2 Å². The zero-order valence-corrected chi connectivity index (χ0v) is 17.4. The highest BCUT2D eigenvalue weighted by Gasteiger charge is 2.32. The molecule has 10 nitrogen and oxygen atoms in total. The molecule has 3 aromatic rings. The van der Waals surface area contributed by atoms with Crippen LogP contribution in [0.25, 0.3) is 11.3 Å². The van der Waals surface area contributed by atoms with Crippen molar-refractivity contribution in [3.8, 4) is 11.3 Å². The lowest BCUT2D eigenvalue weighted by molar-refractivity contribution is -0.122. The quantitative estimate of drug-likeness (QED) is 0.425. The Kier molecular flexibility index (Phi) is 5.95. The van der Waals surface area contributed by atoms with Crippen LogP contribution in [-0.4, -0.2) is 46.4 Å². The summed E-state index contributed by atoms with van der Waals surface area (Å²) >= 11 is 0. The molecule has 1 aromatic carbocycles. The van der Waals surface area contributed by atoms with Gasteiger partial charge in [-0.1, -0.05) is 24.3 Å². The highest BCUT2D eigenvalue weighted by molar-refractivity contribution is 6.07. The number of nitrogens with zero attached hydrogens (tertiary/aromatic N) is 4. The third-order valence-electron chi connectivity index (χ3n) is 5.37. The lowest BCUT2D eigenvalue weighted by Gasteiger charge is -2.40. The molecule has 0 aliphatic carbocycles. The van der Waals surface area contributed by atoms with Crippen LogP contribution < -0.4 is 27.4 Å². The zero-order valence-electron chi connectivity index (χ0n) is 17.4. The number of aromatic nitrogens is 3. The van der Waals surface area contributed by atoms with Gasteiger partial charge in [-0.3, -0.25) is 14.6 Å². The number of nitrogen functional groups attached to an aromatic ring is 1. The second-order valence-electron chi connectivity index (χ2n) is 7.58. The number of pyridine rings is 1. The van der Waals surface area contributed by atoms with Crippen molar-refractivity contribution in [1.29, 1.82) is 0 Å². The van der Waals surface area contributed by atoms with E-state index in [9.17, 15) is 9.59 Å². The van der Waals surface area contributed by atoms with E-state index in [1.54, 1.807) is 12.3 Å². The summed E-state index contributed by atoms with van der Waals surface area (Å²) in [6, 6.07) is 9.51. The van der Waals surface area contributed by atoms with Crippen molar-refractivity contribution in [3.05, 3.63) is 60.2 Å². The van der Waals surface area contributed by atoms with Gasteiger partial charge >= 0.3 is 0 Å². The summed E-state index contributed by atoms with van der Waals surface area (Å²) in [7, 11) is 0. The van der Waals surface area contributed by atoms with Crippen LogP contribution in [0.1, 0.15) is 16.1 Å². The number of nitrogens with one attached hydrogen (secondary N) is 1. The fourth-order valence-electron chi connectivity index (χ4n) is 3.51. The maximum absolute atomic E-state index is 13.0. The first-order valence-electron chi connectivity index (χ1n) is 10.2. The van der Waals surface area contributed by atoms with Gasteiger partial charge in [0.15, 0.2) is 11.5 Å². The molecule has 1 aliphatic rings. The predicted molar refractivity (Wildman–Crippen MR) is 122 cm³/mol. The van der Waals surface area contributed by atoms with Crippen molar-refractivity contribution in [2.24, 2.45) is 17.4 Å². The summed E-state index contributed by atoms with van der Waals surface area (Å²) in [5, 5.41) is 2.81. The van der Waals surface area contributed by atoms with E-state index in [1.807, 2.05) is 29.2 Å². The number of nitrogens with two attached hydrogens (primary N) is 3. The van der Waals surface area contributed by atoms with Gasteiger partial charge in [0.1, 0.15) is 0 Å². The van der Waals surface area contributed by atoms with E-state index in [1.165, 1.54) is 12.4 Å². The molecule has 2 aromatic heterocycles. The number of anilines is 3. The molecule has 0 radical (unpaired) electrons. The van der Waals surface area contributed by atoms with Gasteiger partial charge in [0.2, 0.25) is 5.91 Å². The number of rotatable bonds is 7. The van der Waals surface area contributed by atoms with Gasteiger partial charge in [-0.2, -0.15) is 0 Å². The first kappa shape index (κ1) is 21.2. The van der Waals surface area contributed by atoms with Crippen LogP contribution in [0.5, 0.6) is 0 Å². The van der Waals surface area contributed by atoms with Gasteiger partial charge < -0.3 is 27.4 Å². The summed E-state index contributed by atoms with van der Waals surface area (Å²) in [6.07, 6.45) is 5.47. The van der Waals surface area contributed by atoms with Crippen LogP contribution in [-0.2, 0) is 11.2 Å². The predicted octanol–water partition coefficient (Wildman–Crippen LogP) is 0.796. The van der Waals surface area contributed by atoms with Crippen LogP contribution in [0, 0.1) is 5.92 Å². The average molecular weight is 432 g/mol. The van der Waals surface area contributed by atoms with E-state index >= 15 is 0 Å². The van der Waals surface area contributed by atoms with E-state index in [-0.39, 0.29) is 23.3 Å². The van der Waals surface area contributed by atoms with Crippen molar-refractivity contribution < 1.29 is 9.59 Å². The summed E-state index contributed by atoms with van der Waals surface area (Å²) in [4.78, 5) is 38.9. The summed E-state index contributed by atoms with van der Waals surface area (Å²) in [5.74, 6) is -1.02. The van der Waals surface area contributed by atoms with Crippen LogP contribution in [0.15, 0.2) is 48.9 Å². The second kappa shape index (κ2) is 8.98. The molecule has 1 aliphatic heterocycles. The molecule has 164 valence electrons. The molecular weight excluding hydrogens is 408 g/mol. The van der Waals surface area contributed by atoms with Crippen LogP contribution in [0.4, 0.5) is 17.2 Å². The van der Waals surface area contributed by atoms with Crippen LogP contribution in [0.3, 0.4) is 0 Å². The Morgan fingerprint density at radius 1 is 1.12 bits per heavy atom. The van der Waals surface area contributed by atoms with Gasteiger partial charge in [-0.25, -0.2) is 9.97 Å². The minimum Gasteiger partial charge on any atom is -0.382 e. The maximum atomic E-state index is 13.0. The SMILES string of the molecule is NCCc1ccc(-c2cnc(N)c(C(=O)Nc3cnccc3N3CC(C(N)=O)C3)n2)cc1. The Morgan fingerprint density at radius 2 is 1.88 bits per heavy atom. The largest absolute Gasteiger partial charge is 0.382 e. The Hall–Kier alpha value is -4.05. The number of carbonyl (C=O) groups excluding carboxylic acids is 2. The van der Waals surface area contributed by atoms with Crippen molar-refractivity contribution in [3.63, 3.8) is 0 Å². The van der Waals surface area contributed by atoms with Gasteiger partial charge in [0.25, 0.3) is 5.91 Å². The average Bonchev–Trinajstić information content (AvgIpc) is 2.75. The zero-order chi connectivity index (χ0) is 22.7. The topological polar surface area (TPSA) is 166 Å². The summed E-state index contributed by atoms with van der Waals surface area (Å²) in [5.41, 5.74) is 20.6. The van der Waals surface area contributed by atoms with Crippen molar-refractivity contribution in [1.82, 2.24) is 15.0 Å². The number of benzene rings is 1. The monoisotopic (exact) mass is 432 g/mol. The molecule has 0 bridgehead atoms. The van der Waals surface area contributed by atoms with Crippen molar-refractivity contribution in [2.75, 3.05) is 35.6 Å². The highest BCUT2D eigenvalue weighted by atomic mass is 16.2. The lowest BCUT2D eigenvalue weighted by atomic mass is 9.98. The molecule has 1 fully saturated rings. The number of primary amides is 1. The Balaban J connectivity index is 1.54. The molecule has 32 heavy (non-hydrogen) atoms. The number of hydrogen-bond acceptors (Lipinski definition) is 8. The van der Waals surface area contributed by atoms with Gasteiger partial charge in [0, 0.05) is 24.8 Å². The molecule has 3 heterocycles. The Morgan fingerprint density at radius 3 is 2.56 bits per heavy atom. The number of hydrogen-bond donors (Lipinski definition) is 4. The van der Waals surface area contributed by atoms with E-state index < -0.39 is 5.91 Å². The molecule has 1 saturated heterocycles. The van der Waals surface area contributed by atoms with Gasteiger partial charge in [-0.15, -0.1) is 0 Å². The maximum Gasteiger partial charge on any atom is 0.278 e. The third kappa shape index (κ3) is 4.35. The molecule has 0 spiro atoms. The molecule has 2 amide bonds. The standard InChI is InChI=1S/C22H24N8O2/c23-7-5-13-1-3-14(4-2-13)16-10-27-20(24)19(28-16)22(32)29-17-9-26-8-6-18(17)30-11-15(12-30)21(25)31/h1-4,6,8-10,15H,5,7,11-12,23H2,(H2,24,27)(H2,25,31)(H,29,32). The summed E-state index contributed by atoms with van der Waals surface area (Å²) in [6.45, 7) is 1.54. The van der Waals surface area contributed by atoms with Crippen molar-refractivity contribution in [2.45, 2.75) is 6.42 Å². The van der Waals surface area contributed by atoms with E-state index in [4.69, 9.17) is 17.2 Å². The summed E-state index contributed by atoms with van der Waals surface area (Å²) < 4.78 is 0. The second-order valence-corrected chi connectivity index (χ2v) is 7.58. The molecular formula is C22H24N8O2. The number of carbonyl (C=O) groups is 2. The van der Waals surface area contributed by atoms with Crippen LogP contribution in [0.2, 0.25) is 0 Å². The highest BCUT2D eigenvalue weighted by Crippen LogP contribution is 2.31. The fourth-order valence-corrected chi connectivity index (χ4v) is 3.51. The molecule has 0 atom stereocenters. The Labute approximate surface area is 184 Å². The van der Waals surface area contributed by atoms with E-state index in [0.29, 0.717) is 31.0 Å². The first-order valence-corrected chi connectivity index (χ1v) is 10.2. The molecule has 10 heteroatoms. The number of amides is 2. The van der Waals surface area contributed by atoms with Crippen LogP contribution >= 0.6 is 0 Å². The molecule has 0 saturated carbocycles. The first-order chi connectivity index (χ1) is 15.5.